The van der Waals surface area contributed by atoms with Crippen LogP contribution in [-0.2, 0) is 12.8 Å². The number of hydrazone groups is 1. The van der Waals surface area contributed by atoms with Gasteiger partial charge in [-0.2, -0.15) is 10.2 Å². The minimum atomic E-state index is -0.339. The molecule has 108 valence electrons. The topological polar surface area (TPSA) is 70.1 Å². The van der Waals surface area contributed by atoms with Gasteiger partial charge in [-0.05, 0) is 31.4 Å². The summed E-state index contributed by atoms with van der Waals surface area (Å²) in [6, 6.07) is 5.15. The monoisotopic (exact) mass is 322 g/mol. The molecule has 21 heavy (non-hydrogen) atoms. The van der Waals surface area contributed by atoms with Gasteiger partial charge in [0.1, 0.15) is 0 Å². The number of nitrogens with one attached hydrogen (secondary N) is 2. The van der Waals surface area contributed by atoms with Crippen LogP contribution in [0, 0.1) is 0 Å². The first-order chi connectivity index (χ1) is 10.2. The number of rotatable bonds is 3. The van der Waals surface area contributed by atoms with Gasteiger partial charge in [0.2, 0.25) is 0 Å². The molecule has 0 bridgehead atoms. The molecule has 1 aromatic carbocycles. The molecule has 2 aromatic rings. The van der Waals surface area contributed by atoms with E-state index in [-0.39, 0.29) is 5.91 Å². The first-order valence-electron chi connectivity index (χ1n) is 6.50. The molecule has 5 nitrogen and oxygen atoms in total. The van der Waals surface area contributed by atoms with Gasteiger partial charge in [-0.3, -0.25) is 9.89 Å². The molecule has 0 unspecified atom stereocenters. The maximum Gasteiger partial charge on any atom is 0.292 e. The Labute approximate surface area is 131 Å². The fraction of sp³-hybridized carbons (Fsp3) is 0.214. The molecule has 0 radical (unpaired) electrons. The number of aryl methyl sites for hydroxylation is 1. The predicted octanol–water partition coefficient (Wildman–Crippen LogP) is 2.97. The maximum absolute atomic E-state index is 12.1. The average Bonchev–Trinajstić information content (AvgIpc) is 3.04. The van der Waals surface area contributed by atoms with Crippen LogP contribution in [0.4, 0.5) is 0 Å². The summed E-state index contributed by atoms with van der Waals surface area (Å²) in [6.45, 7) is 0. The lowest BCUT2D eigenvalue weighted by Gasteiger charge is -2.01. The van der Waals surface area contributed by atoms with Crippen LogP contribution in [0.1, 0.15) is 33.7 Å². The van der Waals surface area contributed by atoms with Gasteiger partial charge in [-0.25, -0.2) is 5.43 Å². The van der Waals surface area contributed by atoms with Crippen molar-refractivity contribution in [3.63, 3.8) is 0 Å². The van der Waals surface area contributed by atoms with Crippen LogP contribution in [-0.4, -0.2) is 22.3 Å². The predicted molar refractivity (Wildman–Crippen MR) is 82.1 cm³/mol. The number of fused-ring (bicyclic) bond motifs is 1. The summed E-state index contributed by atoms with van der Waals surface area (Å²) in [7, 11) is 0. The molecule has 0 spiro atoms. The molecule has 1 aliphatic rings. The number of aromatic amines is 1. The maximum atomic E-state index is 12.1. The molecule has 1 aromatic heterocycles. The number of aromatic nitrogens is 2. The molecular formula is C14H12Cl2N4O. The Balaban J connectivity index is 1.72. The SMILES string of the molecule is O=C(N/N=C\c1c(Cl)cccc1Cl)c1n[nH]c2c1CCC2. The van der Waals surface area contributed by atoms with Crippen LogP contribution in [0.2, 0.25) is 10.0 Å². The number of H-pyrrole nitrogens is 1. The zero-order valence-electron chi connectivity index (χ0n) is 11.0. The third-order valence-electron chi connectivity index (χ3n) is 3.38. The van der Waals surface area contributed by atoms with Crippen molar-refractivity contribution in [2.45, 2.75) is 19.3 Å². The summed E-state index contributed by atoms with van der Waals surface area (Å²) in [5.41, 5.74) is 5.44. The second-order valence-electron chi connectivity index (χ2n) is 4.72. The number of halogens is 2. The van der Waals surface area contributed by atoms with Crippen LogP contribution in [0.5, 0.6) is 0 Å². The van der Waals surface area contributed by atoms with Crippen molar-refractivity contribution in [3.8, 4) is 0 Å². The van der Waals surface area contributed by atoms with Gasteiger partial charge in [-0.15, -0.1) is 0 Å². The summed E-state index contributed by atoms with van der Waals surface area (Å²) >= 11 is 12.0. The van der Waals surface area contributed by atoms with Crippen LogP contribution in [0.3, 0.4) is 0 Å². The number of hydrogen-bond donors (Lipinski definition) is 2. The van der Waals surface area contributed by atoms with E-state index in [1.807, 2.05) is 0 Å². The average molecular weight is 323 g/mol. The Hall–Kier alpha value is -1.85. The third-order valence-corrected chi connectivity index (χ3v) is 4.04. The number of benzene rings is 1. The molecule has 0 aliphatic heterocycles. The number of carbonyl (C=O) groups is 1. The Morgan fingerprint density at radius 3 is 2.86 bits per heavy atom. The summed E-state index contributed by atoms with van der Waals surface area (Å²) in [5.74, 6) is -0.339. The summed E-state index contributed by atoms with van der Waals surface area (Å²) in [5, 5.41) is 11.8. The van der Waals surface area contributed by atoms with Crippen LogP contribution >= 0.6 is 23.2 Å². The molecule has 1 amide bonds. The summed E-state index contributed by atoms with van der Waals surface area (Å²) in [6.07, 6.45) is 4.28. The van der Waals surface area contributed by atoms with Crippen LogP contribution in [0.25, 0.3) is 0 Å². The lowest BCUT2D eigenvalue weighted by Crippen LogP contribution is -2.19. The number of hydrogen-bond acceptors (Lipinski definition) is 3. The molecule has 2 N–H and O–H groups in total. The molecule has 1 aliphatic carbocycles. The van der Waals surface area contributed by atoms with Crippen molar-refractivity contribution in [1.29, 1.82) is 0 Å². The van der Waals surface area contributed by atoms with Gasteiger partial charge in [0, 0.05) is 16.8 Å². The van der Waals surface area contributed by atoms with E-state index in [1.165, 1.54) is 6.21 Å². The molecular weight excluding hydrogens is 311 g/mol. The van der Waals surface area contributed by atoms with E-state index in [0.717, 1.165) is 30.5 Å². The highest BCUT2D eigenvalue weighted by Crippen LogP contribution is 2.23. The molecule has 7 heteroatoms. The Morgan fingerprint density at radius 2 is 2.10 bits per heavy atom. The van der Waals surface area contributed by atoms with Crippen molar-refractivity contribution in [3.05, 3.63) is 50.8 Å². The molecule has 0 atom stereocenters. The van der Waals surface area contributed by atoms with Gasteiger partial charge in [0.05, 0.1) is 16.3 Å². The standard InChI is InChI=1S/C14H12Cl2N4O/c15-10-4-2-5-11(16)9(10)7-17-20-14(21)13-8-3-1-6-12(8)18-19-13/h2,4-5,7H,1,3,6H2,(H,18,19)(H,20,21)/b17-7-. The van der Waals surface area contributed by atoms with E-state index in [1.54, 1.807) is 18.2 Å². The second kappa shape index (κ2) is 5.87. The van der Waals surface area contributed by atoms with E-state index in [4.69, 9.17) is 23.2 Å². The van der Waals surface area contributed by atoms with Crippen molar-refractivity contribution < 1.29 is 4.79 Å². The lowest BCUT2D eigenvalue weighted by atomic mass is 10.2. The number of carbonyl (C=O) groups excluding carboxylic acids is 1. The van der Waals surface area contributed by atoms with E-state index < -0.39 is 0 Å². The highest BCUT2D eigenvalue weighted by Gasteiger charge is 2.22. The molecule has 1 heterocycles. The molecule has 3 rings (SSSR count). The fourth-order valence-corrected chi connectivity index (χ4v) is 2.84. The quantitative estimate of drug-likeness (QED) is 0.673. The smallest absolute Gasteiger partial charge is 0.281 e. The number of amides is 1. The van der Waals surface area contributed by atoms with Crippen molar-refractivity contribution in [2.24, 2.45) is 5.10 Å². The third kappa shape index (κ3) is 2.80. The zero-order valence-corrected chi connectivity index (χ0v) is 12.5. The minimum absolute atomic E-state index is 0.339. The summed E-state index contributed by atoms with van der Waals surface area (Å²) in [4.78, 5) is 12.1. The van der Waals surface area contributed by atoms with Gasteiger partial charge in [0.15, 0.2) is 5.69 Å². The van der Waals surface area contributed by atoms with Gasteiger partial charge in [-0.1, -0.05) is 29.3 Å². The summed E-state index contributed by atoms with van der Waals surface area (Å²) < 4.78 is 0. The van der Waals surface area contributed by atoms with E-state index >= 15 is 0 Å². The zero-order chi connectivity index (χ0) is 14.8. The van der Waals surface area contributed by atoms with Crippen molar-refractivity contribution in [1.82, 2.24) is 15.6 Å². The molecule has 0 saturated heterocycles. The minimum Gasteiger partial charge on any atom is -0.281 e. The van der Waals surface area contributed by atoms with E-state index in [9.17, 15) is 4.79 Å². The van der Waals surface area contributed by atoms with Gasteiger partial charge in [0.25, 0.3) is 5.91 Å². The Morgan fingerprint density at radius 1 is 1.33 bits per heavy atom. The van der Waals surface area contributed by atoms with Crippen LogP contribution in [0.15, 0.2) is 23.3 Å². The Bertz CT molecular complexity index is 704. The molecule has 0 saturated carbocycles. The van der Waals surface area contributed by atoms with Gasteiger partial charge >= 0.3 is 0 Å². The lowest BCUT2D eigenvalue weighted by molar-refractivity contribution is 0.0949. The van der Waals surface area contributed by atoms with Gasteiger partial charge < -0.3 is 0 Å². The van der Waals surface area contributed by atoms with Crippen molar-refractivity contribution in [2.75, 3.05) is 0 Å². The van der Waals surface area contributed by atoms with Crippen LogP contribution < -0.4 is 5.43 Å². The van der Waals surface area contributed by atoms with E-state index in [0.29, 0.717) is 21.3 Å². The largest absolute Gasteiger partial charge is 0.292 e. The Kier molecular flexibility index (Phi) is 3.94. The normalized spacial score (nSPS) is 13.6. The molecule has 0 fully saturated rings. The fourth-order valence-electron chi connectivity index (χ4n) is 2.35. The number of nitrogens with zero attached hydrogens (tertiary/aromatic N) is 2. The first-order valence-corrected chi connectivity index (χ1v) is 7.26. The van der Waals surface area contributed by atoms with E-state index in [2.05, 4.69) is 20.7 Å². The first kappa shape index (κ1) is 14.1. The van der Waals surface area contributed by atoms with Crippen molar-refractivity contribution >= 4 is 35.3 Å². The highest BCUT2D eigenvalue weighted by atomic mass is 35.5. The highest BCUT2D eigenvalue weighted by molar-refractivity contribution is 6.38. The second-order valence-corrected chi connectivity index (χ2v) is 5.53.